The number of thiophene rings is 2. The van der Waals surface area contributed by atoms with Crippen LogP contribution in [0.5, 0.6) is 0 Å². The lowest BCUT2D eigenvalue weighted by molar-refractivity contribution is 1.10. The summed E-state index contributed by atoms with van der Waals surface area (Å²) in [6.07, 6.45) is 1.05. The highest BCUT2D eigenvalue weighted by atomic mass is 79.9. The van der Waals surface area contributed by atoms with E-state index in [1.54, 1.807) is 0 Å². The van der Waals surface area contributed by atoms with E-state index in [1.165, 1.54) is 107 Å². The van der Waals surface area contributed by atoms with Crippen molar-refractivity contribution in [2.75, 3.05) is 0 Å². The molecule has 0 saturated heterocycles. The van der Waals surface area contributed by atoms with Crippen molar-refractivity contribution in [1.29, 1.82) is 0 Å². The number of hydrogen-bond acceptors (Lipinski definition) is 4. The predicted octanol–water partition coefficient (Wildman–Crippen LogP) is 24.6. The first-order chi connectivity index (χ1) is 47.0. The highest BCUT2D eigenvalue weighted by Gasteiger charge is 2.22. The van der Waals surface area contributed by atoms with Crippen molar-refractivity contribution in [3.05, 3.63) is 343 Å². The number of rotatable bonds is 7. The number of fused-ring (bicyclic) bond motifs is 14. The van der Waals surface area contributed by atoms with Crippen molar-refractivity contribution in [3.8, 4) is 73.2 Å². The van der Waals surface area contributed by atoms with E-state index in [0.717, 1.165) is 72.8 Å². The maximum Gasteiger partial charge on any atom is 0.145 e. The van der Waals surface area contributed by atoms with Gasteiger partial charge in [0.05, 0.1) is 33.1 Å². The van der Waals surface area contributed by atoms with Crippen molar-refractivity contribution in [2.24, 2.45) is 0 Å². The van der Waals surface area contributed by atoms with E-state index >= 15 is 0 Å². The predicted molar refractivity (Wildman–Crippen MR) is 406 cm³/mol. The quantitative estimate of drug-likeness (QED) is 0.160. The first-order valence-corrected chi connectivity index (χ1v) is 34.4. The molecular weight excluding hydrogens is 1260 g/mol. The monoisotopic (exact) mass is 1310 g/mol. The maximum absolute atomic E-state index is 5.08. The molecular formula is C87H56BrN5S2. The lowest BCUT2D eigenvalue weighted by Crippen LogP contribution is -1.98. The number of nitrogens with zero attached hydrogens (tertiary/aromatic N) is 5. The molecule has 1 aliphatic rings. The molecule has 19 aromatic rings. The van der Waals surface area contributed by atoms with E-state index in [0.29, 0.717) is 0 Å². The summed E-state index contributed by atoms with van der Waals surface area (Å²) in [5, 5.41) is 7.89. The fourth-order valence-corrected chi connectivity index (χ4v) is 16.9. The summed E-state index contributed by atoms with van der Waals surface area (Å²) in [7, 11) is 0. The van der Waals surface area contributed by atoms with Crippen LogP contribution in [0.3, 0.4) is 0 Å². The van der Waals surface area contributed by atoms with Gasteiger partial charge >= 0.3 is 0 Å². The molecule has 8 heteroatoms. The highest BCUT2D eigenvalue weighted by Crippen LogP contribution is 2.45. The number of imidazole rings is 2. The van der Waals surface area contributed by atoms with Gasteiger partial charge in [-0.05, 0) is 172 Å². The Morgan fingerprint density at radius 1 is 0.274 bits per heavy atom. The smallest absolute Gasteiger partial charge is 0.145 e. The molecule has 20 rings (SSSR count). The first kappa shape index (κ1) is 56.5. The molecule has 0 atom stereocenters. The fourth-order valence-electron chi connectivity index (χ4n) is 14.1. The van der Waals surface area contributed by atoms with Crippen molar-refractivity contribution >= 4 is 123 Å². The minimum absolute atomic E-state index is 0.936. The molecule has 5 heterocycles. The van der Waals surface area contributed by atoms with Gasteiger partial charge in [-0.3, -0.25) is 9.13 Å². The zero-order chi connectivity index (χ0) is 62.9. The molecule has 5 aromatic heterocycles. The number of para-hydroxylation sites is 7. The molecule has 0 spiro atoms. The van der Waals surface area contributed by atoms with Gasteiger partial charge in [0.25, 0.3) is 0 Å². The Morgan fingerprint density at radius 2 is 0.695 bits per heavy atom. The lowest BCUT2D eigenvalue weighted by Gasteiger charge is -2.12. The van der Waals surface area contributed by atoms with E-state index in [4.69, 9.17) is 9.97 Å². The minimum Gasteiger partial charge on any atom is -0.309 e. The normalized spacial score (nSPS) is 11.8. The Hall–Kier alpha value is -11.3. The molecule has 0 fully saturated rings. The minimum atomic E-state index is 0.936. The van der Waals surface area contributed by atoms with E-state index in [1.807, 2.05) is 53.0 Å². The van der Waals surface area contributed by atoms with Crippen LogP contribution in [0.1, 0.15) is 11.1 Å². The molecule has 0 unspecified atom stereocenters. The summed E-state index contributed by atoms with van der Waals surface area (Å²) in [6.45, 7) is 0. The Kier molecular flexibility index (Phi) is 14.1. The molecule has 1 aliphatic carbocycles. The SMILES string of the molecule is Brc1ccc(-c2nc3ccccc3n2-c2ccccc2)cc1.c1ccc(-n2c(-c3ccc(-n4c5ccccc5c5cc(-c6cccc7c6sc6ccccc67)ccc54)cc3)nc3ccccc32)cc1.c1ccc2c(c1)Cc1ccc(-c3cccc4c3sc3ccccc34)cc1-2. The van der Waals surface area contributed by atoms with Crippen molar-refractivity contribution in [1.82, 2.24) is 23.7 Å². The van der Waals surface area contributed by atoms with Gasteiger partial charge in [-0.25, -0.2) is 9.97 Å². The number of hydrogen-bond donors (Lipinski definition) is 0. The van der Waals surface area contributed by atoms with E-state index < -0.39 is 0 Å². The topological polar surface area (TPSA) is 40.6 Å². The molecule has 0 radical (unpaired) electrons. The summed E-state index contributed by atoms with van der Waals surface area (Å²) in [5.74, 6) is 1.89. The third-order valence-electron chi connectivity index (χ3n) is 18.5. The average Bonchev–Trinajstić information content (AvgIpc) is 1.64. The van der Waals surface area contributed by atoms with Gasteiger partial charge in [-0.2, -0.15) is 0 Å². The molecule has 14 aromatic carbocycles. The molecule has 0 aliphatic heterocycles. The van der Waals surface area contributed by atoms with E-state index in [2.05, 4.69) is 327 Å². The summed E-state index contributed by atoms with van der Waals surface area (Å²) < 4.78 is 13.3. The number of aromatic nitrogens is 5. The van der Waals surface area contributed by atoms with Crippen LogP contribution in [-0.4, -0.2) is 23.7 Å². The summed E-state index contributed by atoms with van der Waals surface area (Å²) in [6, 6.07) is 117. The molecule has 0 N–H and O–H groups in total. The largest absolute Gasteiger partial charge is 0.309 e. The Morgan fingerprint density at radius 3 is 1.29 bits per heavy atom. The Bertz CT molecular complexity index is 6130. The van der Waals surface area contributed by atoms with Gasteiger partial charge in [0.15, 0.2) is 0 Å². The Labute approximate surface area is 565 Å². The zero-order valence-corrected chi connectivity index (χ0v) is 54.5. The molecule has 95 heavy (non-hydrogen) atoms. The highest BCUT2D eigenvalue weighted by molar-refractivity contribution is 9.10. The van der Waals surface area contributed by atoms with Crippen LogP contribution >= 0.6 is 38.6 Å². The van der Waals surface area contributed by atoms with E-state index in [-0.39, 0.29) is 0 Å². The first-order valence-electron chi connectivity index (χ1n) is 32.0. The third-order valence-corrected chi connectivity index (χ3v) is 21.5. The lowest BCUT2D eigenvalue weighted by atomic mass is 9.97. The van der Waals surface area contributed by atoms with Crippen LogP contribution < -0.4 is 0 Å². The van der Waals surface area contributed by atoms with Gasteiger partial charge in [0.2, 0.25) is 0 Å². The van der Waals surface area contributed by atoms with Crippen molar-refractivity contribution in [3.63, 3.8) is 0 Å². The van der Waals surface area contributed by atoms with Crippen LogP contribution in [0.4, 0.5) is 0 Å². The summed E-state index contributed by atoms with van der Waals surface area (Å²) in [5.41, 5.74) is 23.0. The zero-order valence-electron chi connectivity index (χ0n) is 51.3. The second kappa shape index (κ2) is 23.7. The second-order valence-corrected chi connectivity index (χ2v) is 27.1. The van der Waals surface area contributed by atoms with Gasteiger partial charge in [0, 0.05) is 83.8 Å². The Balaban J connectivity index is 0.000000115. The fraction of sp³-hybridized carbons (Fsp3) is 0.0115. The molecule has 448 valence electrons. The average molecular weight is 1320 g/mol. The molecule has 0 saturated carbocycles. The summed E-state index contributed by atoms with van der Waals surface area (Å²) >= 11 is 7.27. The van der Waals surface area contributed by atoms with Gasteiger partial charge in [0.1, 0.15) is 11.6 Å². The van der Waals surface area contributed by atoms with Crippen LogP contribution in [0.25, 0.3) is 157 Å². The molecule has 0 bridgehead atoms. The standard InChI is InChI=1S/C43H27N3S.C25H16S.C19H13BrN2/c1-2-11-30(12-3-1)46-40-19-8-6-17-37(40)44-43(46)28-21-24-31(25-22-28)45-38-18-7-4-13-33(38)36-27-29(23-26-39(36)45)32-15-10-16-35-34-14-5-9-20-41(34)47-42(32)35;1-2-7-19-16(6-1)14-17-12-13-18(15-23(17)19)20-9-5-10-22-21-8-3-4-11-24(21)26-25(20)22;20-15-12-10-14(11-13-15)19-21-17-8-4-5-9-18(17)22(19)16-6-2-1-3-7-16/h1-27H;1-13,15H,14H2;1-13H. The van der Waals surface area contributed by atoms with Crippen LogP contribution in [0, 0.1) is 0 Å². The van der Waals surface area contributed by atoms with Gasteiger partial charge in [-0.1, -0.05) is 222 Å². The number of halogens is 1. The van der Waals surface area contributed by atoms with E-state index in [9.17, 15) is 0 Å². The van der Waals surface area contributed by atoms with Gasteiger partial charge < -0.3 is 4.57 Å². The van der Waals surface area contributed by atoms with Crippen LogP contribution in [-0.2, 0) is 6.42 Å². The summed E-state index contributed by atoms with van der Waals surface area (Å²) in [4.78, 5) is 9.92. The van der Waals surface area contributed by atoms with Gasteiger partial charge in [-0.15, -0.1) is 22.7 Å². The van der Waals surface area contributed by atoms with Crippen LogP contribution in [0.15, 0.2) is 332 Å². The third kappa shape index (κ3) is 9.96. The van der Waals surface area contributed by atoms with Crippen molar-refractivity contribution < 1.29 is 0 Å². The van der Waals surface area contributed by atoms with Crippen LogP contribution in [0.2, 0.25) is 0 Å². The maximum atomic E-state index is 5.08. The molecule has 5 nitrogen and oxygen atoms in total. The number of benzene rings is 14. The second-order valence-electron chi connectivity index (χ2n) is 24.1. The van der Waals surface area contributed by atoms with Crippen molar-refractivity contribution in [2.45, 2.75) is 6.42 Å². The molecule has 0 amide bonds.